The third kappa shape index (κ3) is 4.80. The molecule has 0 saturated heterocycles. The zero-order valence-electron chi connectivity index (χ0n) is 8.12. The maximum Gasteiger partial charge on any atom is 0.239 e. The molecule has 0 atom stereocenters. The highest BCUT2D eigenvalue weighted by atomic mass is 32.2. The van der Waals surface area contributed by atoms with E-state index in [-0.39, 0.29) is 6.42 Å². The van der Waals surface area contributed by atoms with E-state index in [2.05, 4.69) is 6.07 Å². The lowest BCUT2D eigenvalue weighted by atomic mass is 10.2. The number of hydrogen-bond donors (Lipinski definition) is 0. The van der Waals surface area contributed by atoms with Gasteiger partial charge >= 0.3 is 0 Å². The van der Waals surface area contributed by atoms with Crippen LogP contribution in [0.2, 0.25) is 0 Å². The van der Waals surface area contributed by atoms with Crippen LogP contribution < -0.4 is 0 Å². The molecule has 1 aromatic carbocycles. The van der Waals surface area contributed by atoms with Crippen molar-refractivity contribution in [3.8, 4) is 6.07 Å². The fourth-order valence-electron chi connectivity index (χ4n) is 1.06. The molecule has 1 nitrogen and oxygen atoms in total. The lowest BCUT2D eigenvalue weighted by molar-refractivity contribution is 0.145. The maximum absolute atomic E-state index is 11.9. The van der Waals surface area contributed by atoms with E-state index in [1.54, 1.807) is 0 Å². The highest BCUT2D eigenvalue weighted by Crippen LogP contribution is 2.20. The minimum Gasteiger partial charge on any atom is -0.211 e. The summed E-state index contributed by atoms with van der Waals surface area (Å²) in [5, 5.41) is 8.45. The van der Waals surface area contributed by atoms with Crippen LogP contribution in [0.1, 0.15) is 12.0 Å². The molecule has 0 saturated carbocycles. The summed E-state index contributed by atoms with van der Waals surface area (Å²) >= 11 is 1.41. The molecule has 0 aliphatic heterocycles. The van der Waals surface area contributed by atoms with Gasteiger partial charge in [-0.3, -0.25) is 0 Å². The number of hydrogen-bond acceptors (Lipinski definition) is 2. The lowest BCUT2D eigenvalue weighted by Gasteiger charge is -2.01. The van der Waals surface area contributed by atoms with Crippen molar-refractivity contribution in [1.29, 1.82) is 5.26 Å². The Hall–Kier alpha value is -1.08. The number of rotatable bonds is 5. The SMILES string of the molecule is N#CCc1ccc(SCCC(F)F)cc1. The Morgan fingerprint density at radius 1 is 1.27 bits per heavy atom. The highest BCUT2D eigenvalue weighted by molar-refractivity contribution is 7.99. The first-order valence-electron chi connectivity index (χ1n) is 4.59. The molecule has 0 bridgehead atoms. The van der Waals surface area contributed by atoms with Gasteiger partial charge in [-0.2, -0.15) is 5.26 Å². The Labute approximate surface area is 92.1 Å². The van der Waals surface area contributed by atoms with Crippen molar-refractivity contribution < 1.29 is 8.78 Å². The van der Waals surface area contributed by atoms with E-state index in [1.807, 2.05) is 24.3 Å². The Balaban J connectivity index is 2.40. The molecule has 15 heavy (non-hydrogen) atoms. The Morgan fingerprint density at radius 3 is 2.47 bits per heavy atom. The van der Waals surface area contributed by atoms with Crippen LogP contribution in [-0.4, -0.2) is 12.2 Å². The molecule has 0 N–H and O–H groups in total. The number of nitrogens with zero attached hydrogens (tertiary/aromatic N) is 1. The molecular formula is C11H11F2NS. The van der Waals surface area contributed by atoms with Crippen molar-refractivity contribution >= 4 is 11.8 Å². The van der Waals surface area contributed by atoms with Crippen molar-refractivity contribution in [2.75, 3.05) is 5.75 Å². The van der Waals surface area contributed by atoms with E-state index in [0.29, 0.717) is 12.2 Å². The predicted octanol–water partition coefficient (Wildman–Crippen LogP) is 3.50. The molecule has 0 radical (unpaired) electrons. The van der Waals surface area contributed by atoms with Crippen LogP contribution in [0.4, 0.5) is 8.78 Å². The second-order valence-electron chi connectivity index (χ2n) is 3.01. The van der Waals surface area contributed by atoms with E-state index in [9.17, 15) is 8.78 Å². The molecule has 0 amide bonds. The third-order valence-electron chi connectivity index (χ3n) is 1.81. The fourth-order valence-corrected chi connectivity index (χ4v) is 1.92. The normalized spacial score (nSPS) is 10.3. The van der Waals surface area contributed by atoms with Crippen LogP contribution in [0, 0.1) is 11.3 Å². The first kappa shape index (κ1) is 12.0. The molecular weight excluding hydrogens is 216 g/mol. The summed E-state index contributed by atoms with van der Waals surface area (Å²) in [6.07, 6.45) is -1.91. The van der Waals surface area contributed by atoms with Crippen molar-refractivity contribution in [1.82, 2.24) is 0 Å². The minimum atomic E-state index is -2.23. The molecule has 4 heteroatoms. The molecule has 0 spiro atoms. The molecule has 0 unspecified atom stereocenters. The van der Waals surface area contributed by atoms with Gasteiger partial charge in [0.1, 0.15) is 0 Å². The van der Waals surface area contributed by atoms with E-state index < -0.39 is 6.43 Å². The van der Waals surface area contributed by atoms with Crippen LogP contribution >= 0.6 is 11.8 Å². The van der Waals surface area contributed by atoms with E-state index in [0.717, 1.165) is 10.5 Å². The number of benzene rings is 1. The molecule has 0 aliphatic rings. The Kier molecular flexibility index (Phi) is 5.13. The zero-order valence-corrected chi connectivity index (χ0v) is 8.94. The second kappa shape index (κ2) is 6.41. The molecule has 1 aromatic rings. The van der Waals surface area contributed by atoms with Gasteiger partial charge in [-0.25, -0.2) is 8.78 Å². The van der Waals surface area contributed by atoms with Gasteiger partial charge in [0.15, 0.2) is 0 Å². The summed E-state index contributed by atoms with van der Waals surface area (Å²) in [5.41, 5.74) is 0.954. The fraction of sp³-hybridized carbons (Fsp3) is 0.364. The topological polar surface area (TPSA) is 23.8 Å². The Morgan fingerprint density at radius 2 is 1.93 bits per heavy atom. The lowest BCUT2D eigenvalue weighted by Crippen LogP contribution is -1.91. The number of alkyl halides is 2. The largest absolute Gasteiger partial charge is 0.239 e. The van der Waals surface area contributed by atoms with Gasteiger partial charge in [-0.15, -0.1) is 11.8 Å². The predicted molar refractivity (Wildman–Crippen MR) is 57.1 cm³/mol. The standard InChI is InChI=1S/C11H11F2NS/c12-11(13)6-8-15-10-3-1-9(2-4-10)5-7-14/h1-4,11H,5-6,8H2. The van der Waals surface area contributed by atoms with Crippen LogP contribution in [0.25, 0.3) is 0 Å². The highest BCUT2D eigenvalue weighted by Gasteiger charge is 2.02. The van der Waals surface area contributed by atoms with Crippen LogP contribution in [0.5, 0.6) is 0 Å². The van der Waals surface area contributed by atoms with Crippen molar-refractivity contribution in [3.63, 3.8) is 0 Å². The Bertz CT molecular complexity index is 329. The van der Waals surface area contributed by atoms with E-state index >= 15 is 0 Å². The van der Waals surface area contributed by atoms with Crippen molar-refractivity contribution in [3.05, 3.63) is 29.8 Å². The molecule has 0 aromatic heterocycles. The summed E-state index contributed by atoms with van der Waals surface area (Å²) < 4.78 is 23.7. The van der Waals surface area contributed by atoms with Gasteiger partial charge in [0.25, 0.3) is 0 Å². The smallest absolute Gasteiger partial charge is 0.211 e. The second-order valence-corrected chi connectivity index (χ2v) is 4.18. The van der Waals surface area contributed by atoms with Crippen LogP contribution in [0.3, 0.4) is 0 Å². The van der Waals surface area contributed by atoms with E-state index in [4.69, 9.17) is 5.26 Å². The summed E-state index contributed by atoms with van der Waals surface area (Å²) in [5.74, 6) is 0.426. The third-order valence-corrected chi connectivity index (χ3v) is 2.86. The first-order valence-corrected chi connectivity index (χ1v) is 5.58. The first-order chi connectivity index (χ1) is 7.22. The average Bonchev–Trinajstić information content (AvgIpc) is 2.20. The van der Waals surface area contributed by atoms with E-state index in [1.165, 1.54) is 11.8 Å². The minimum absolute atomic E-state index is 0.0788. The average molecular weight is 227 g/mol. The molecule has 0 aliphatic carbocycles. The summed E-state index contributed by atoms with van der Waals surface area (Å²) in [4.78, 5) is 0.970. The van der Waals surface area contributed by atoms with Gasteiger partial charge in [0.05, 0.1) is 12.5 Å². The van der Waals surface area contributed by atoms with Gasteiger partial charge < -0.3 is 0 Å². The summed E-state index contributed by atoms with van der Waals surface area (Å²) in [7, 11) is 0. The summed E-state index contributed by atoms with van der Waals surface area (Å²) in [6, 6.07) is 9.49. The van der Waals surface area contributed by atoms with Gasteiger partial charge in [0.2, 0.25) is 6.43 Å². The van der Waals surface area contributed by atoms with Gasteiger partial charge in [0, 0.05) is 17.1 Å². The monoisotopic (exact) mass is 227 g/mol. The molecule has 1 rings (SSSR count). The molecule has 80 valence electrons. The maximum atomic E-state index is 11.9. The quantitative estimate of drug-likeness (QED) is 0.719. The van der Waals surface area contributed by atoms with Crippen molar-refractivity contribution in [2.45, 2.75) is 24.2 Å². The van der Waals surface area contributed by atoms with Gasteiger partial charge in [-0.1, -0.05) is 12.1 Å². The van der Waals surface area contributed by atoms with Gasteiger partial charge in [-0.05, 0) is 17.7 Å². The number of thioether (sulfide) groups is 1. The molecule has 0 heterocycles. The van der Waals surface area contributed by atoms with Crippen LogP contribution in [0.15, 0.2) is 29.2 Å². The molecule has 0 fully saturated rings. The summed E-state index contributed by atoms with van der Waals surface area (Å²) in [6.45, 7) is 0. The van der Waals surface area contributed by atoms with Crippen LogP contribution in [-0.2, 0) is 6.42 Å². The zero-order chi connectivity index (χ0) is 11.1. The number of nitriles is 1. The van der Waals surface area contributed by atoms with Crippen molar-refractivity contribution in [2.24, 2.45) is 0 Å². The number of halogens is 2.